The summed E-state index contributed by atoms with van der Waals surface area (Å²) in [7, 11) is 0. The maximum absolute atomic E-state index is 14.7. The van der Waals surface area contributed by atoms with Crippen molar-refractivity contribution in [3.8, 4) is 28.3 Å². The van der Waals surface area contributed by atoms with Gasteiger partial charge >= 0.3 is 0 Å². The maximum Gasteiger partial charge on any atom is 0.168 e. The average Bonchev–Trinajstić information content (AvgIpc) is 3.63. The summed E-state index contributed by atoms with van der Waals surface area (Å²) in [5, 5.41) is 1.17. The Hall–Kier alpha value is -4.97. The van der Waals surface area contributed by atoms with Crippen molar-refractivity contribution in [1.29, 1.82) is 0 Å². The minimum Gasteiger partial charge on any atom is -0.500 e. The number of imidazole rings is 1. The number of hydrogen-bond acceptors (Lipinski definition) is 4. The number of halogens is 1. The quantitative estimate of drug-likeness (QED) is 0.172. The smallest absolute Gasteiger partial charge is 0.168 e. The van der Waals surface area contributed by atoms with Gasteiger partial charge in [-0.3, -0.25) is 9.37 Å². The van der Waals surface area contributed by atoms with Crippen molar-refractivity contribution in [3.05, 3.63) is 146 Å². The third-order valence-electron chi connectivity index (χ3n) is 6.72. The Morgan fingerprint density at radius 2 is 1.52 bits per heavy atom. The van der Waals surface area contributed by atoms with E-state index in [1.54, 1.807) is 12.4 Å². The van der Waals surface area contributed by atoms with E-state index in [2.05, 4.69) is 22.1 Å². The van der Waals surface area contributed by atoms with E-state index in [0.29, 0.717) is 33.6 Å². The molecule has 5 nitrogen and oxygen atoms in total. The van der Waals surface area contributed by atoms with Crippen molar-refractivity contribution in [2.24, 2.45) is 0 Å². The second-order valence-corrected chi connectivity index (χ2v) is 9.26. The molecule has 8 aromatic rings. The molecule has 42 heavy (non-hydrogen) atoms. The summed E-state index contributed by atoms with van der Waals surface area (Å²) in [6.07, 6.45) is 3.50. The summed E-state index contributed by atoms with van der Waals surface area (Å²) in [4.78, 5) is 13.4. The zero-order chi connectivity index (χ0) is 27.6. The number of hydrogen-bond donors (Lipinski definition) is 0. The van der Waals surface area contributed by atoms with Crippen LogP contribution >= 0.6 is 0 Å². The van der Waals surface area contributed by atoms with E-state index in [1.807, 2.05) is 114 Å². The van der Waals surface area contributed by atoms with Crippen LogP contribution in [0.5, 0.6) is 0 Å². The van der Waals surface area contributed by atoms with E-state index >= 15 is 0 Å². The normalized spacial score (nSPS) is 10.8. The summed E-state index contributed by atoms with van der Waals surface area (Å²) < 4.78 is 22.8. The second kappa shape index (κ2) is 11.9. The summed E-state index contributed by atoms with van der Waals surface area (Å²) in [5.41, 5.74) is 6.06. The van der Waals surface area contributed by atoms with E-state index in [9.17, 15) is 4.39 Å². The van der Waals surface area contributed by atoms with Crippen LogP contribution in [-0.4, -0.2) is 19.5 Å². The van der Waals surface area contributed by atoms with Gasteiger partial charge in [-0.15, -0.1) is 48.0 Å². The van der Waals surface area contributed by atoms with Crippen LogP contribution < -0.4 is 0 Å². The minimum absolute atomic E-state index is 0. The Kier molecular flexibility index (Phi) is 7.69. The largest absolute Gasteiger partial charge is 0.500 e. The van der Waals surface area contributed by atoms with Crippen LogP contribution in [0.15, 0.2) is 132 Å². The molecule has 0 bridgehead atoms. The van der Waals surface area contributed by atoms with Crippen LogP contribution in [0.25, 0.3) is 61.4 Å². The molecule has 1 radical (unpaired) electrons. The number of fused-ring (bicyclic) bond motifs is 4. The maximum atomic E-state index is 14.7. The van der Waals surface area contributed by atoms with Crippen molar-refractivity contribution in [3.63, 3.8) is 0 Å². The molecule has 4 aromatic carbocycles. The fraction of sp³-hybridized carbons (Fsp3) is 0. The molecule has 4 aromatic heterocycles. The third kappa shape index (κ3) is 5.00. The van der Waals surface area contributed by atoms with E-state index in [-0.39, 0.29) is 25.9 Å². The second-order valence-electron chi connectivity index (χ2n) is 9.26. The number of para-hydroxylation sites is 2. The fourth-order valence-corrected chi connectivity index (χ4v) is 4.89. The Morgan fingerprint density at radius 3 is 2.33 bits per heavy atom. The molecule has 205 valence electrons. The number of nitrogens with zero attached hydrogens (tertiary/aromatic N) is 4. The molecule has 8 rings (SSSR count). The molecule has 0 spiro atoms. The van der Waals surface area contributed by atoms with Crippen molar-refractivity contribution in [2.75, 3.05) is 0 Å². The van der Waals surface area contributed by atoms with Crippen molar-refractivity contribution >= 4 is 33.1 Å². The molecule has 0 aliphatic rings. The van der Waals surface area contributed by atoms with Crippen molar-refractivity contribution in [2.45, 2.75) is 0 Å². The molecule has 0 saturated carbocycles. The third-order valence-corrected chi connectivity index (χ3v) is 6.72. The van der Waals surface area contributed by atoms with Crippen LogP contribution in [0.1, 0.15) is 0 Å². The van der Waals surface area contributed by atoms with Crippen molar-refractivity contribution in [1.82, 2.24) is 19.5 Å². The summed E-state index contributed by atoms with van der Waals surface area (Å²) in [6, 6.07) is 42.4. The summed E-state index contributed by atoms with van der Waals surface area (Å²) >= 11 is 0. The molecule has 0 amide bonds. The SMILES string of the molecule is Fc1c[c-]c(-c2nc3ncccc3n2-c2ccccc2)c2oc3ccccc3c12.[Ir].[c-]1ccccc1-c1ccccn1. The molecule has 0 N–H and O–H groups in total. The predicted octanol–water partition coefficient (Wildman–Crippen LogP) is 8.47. The molecule has 0 saturated heterocycles. The summed E-state index contributed by atoms with van der Waals surface area (Å²) in [6.45, 7) is 0. The fourth-order valence-electron chi connectivity index (χ4n) is 4.89. The molecule has 0 atom stereocenters. The zero-order valence-electron chi connectivity index (χ0n) is 22.0. The van der Waals surface area contributed by atoms with Gasteiger partial charge in [-0.05, 0) is 47.5 Å². The van der Waals surface area contributed by atoms with Crippen LogP contribution in [0, 0.1) is 17.9 Å². The van der Waals surface area contributed by atoms with Gasteiger partial charge in [0.1, 0.15) is 5.58 Å². The van der Waals surface area contributed by atoms with Gasteiger partial charge in [0.05, 0.1) is 16.9 Å². The van der Waals surface area contributed by atoms with Crippen LogP contribution in [0.3, 0.4) is 0 Å². The molecule has 0 aliphatic carbocycles. The standard InChI is InChI=1S/C24H13FN3O.C11H8N.Ir/c25-18-13-12-17(22-21(18)16-9-4-5-11-20(16)29-22)24-27-23-19(10-6-14-26-23)28(24)15-7-2-1-3-8-15;1-2-6-10(7-3-1)11-8-4-5-9-12-11;/h1-11,13-14H;1-6,8-9H;/q2*-1;. The number of furan rings is 1. The molecular weight excluding hydrogens is 704 g/mol. The van der Waals surface area contributed by atoms with Crippen molar-refractivity contribution < 1.29 is 28.9 Å². The molecule has 0 fully saturated rings. The van der Waals surface area contributed by atoms with E-state index < -0.39 is 0 Å². The van der Waals surface area contributed by atoms with Gasteiger partial charge in [-0.2, -0.15) is 0 Å². The minimum atomic E-state index is -0.366. The molecule has 7 heteroatoms. The number of aromatic nitrogens is 4. The first-order valence-corrected chi connectivity index (χ1v) is 13.1. The topological polar surface area (TPSA) is 56.7 Å². The first-order valence-electron chi connectivity index (χ1n) is 13.1. The van der Waals surface area contributed by atoms with Gasteiger partial charge in [0.2, 0.25) is 0 Å². The molecule has 4 heterocycles. The number of rotatable bonds is 3. The van der Waals surface area contributed by atoms with Gasteiger partial charge in [-0.25, -0.2) is 4.98 Å². The predicted molar refractivity (Wildman–Crippen MR) is 159 cm³/mol. The Labute approximate surface area is 254 Å². The Bertz CT molecular complexity index is 2070. The van der Waals surface area contributed by atoms with Gasteiger partial charge in [0, 0.05) is 49.4 Å². The molecular formula is C35H21FIrN4O-2. The van der Waals surface area contributed by atoms with E-state index in [1.165, 1.54) is 6.07 Å². The Balaban J connectivity index is 0.000000205. The first kappa shape index (κ1) is 27.2. The molecule has 0 aliphatic heterocycles. The average molecular weight is 725 g/mol. The number of benzene rings is 4. The summed E-state index contributed by atoms with van der Waals surface area (Å²) in [5.74, 6) is 0.239. The Morgan fingerprint density at radius 1 is 0.738 bits per heavy atom. The van der Waals surface area contributed by atoms with Crippen LogP contribution in [0.4, 0.5) is 4.39 Å². The van der Waals surface area contributed by atoms with E-state index in [4.69, 9.17) is 9.40 Å². The van der Waals surface area contributed by atoms with Gasteiger partial charge in [-0.1, -0.05) is 54.1 Å². The van der Waals surface area contributed by atoms with E-state index in [0.717, 1.165) is 27.8 Å². The van der Waals surface area contributed by atoms with Crippen LogP contribution in [0.2, 0.25) is 0 Å². The molecule has 0 unspecified atom stereocenters. The zero-order valence-corrected chi connectivity index (χ0v) is 24.4. The van der Waals surface area contributed by atoms with Gasteiger partial charge in [0.25, 0.3) is 0 Å². The first-order chi connectivity index (χ1) is 20.3. The monoisotopic (exact) mass is 725 g/mol. The number of pyridine rings is 2. The van der Waals surface area contributed by atoms with Gasteiger partial charge < -0.3 is 14.0 Å². The van der Waals surface area contributed by atoms with Crippen LogP contribution in [-0.2, 0) is 20.1 Å². The van der Waals surface area contributed by atoms with Gasteiger partial charge in [0.15, 0.2) is 5.65 Å².